The molecular formula is C7H6ClNO5S. The first-order chi connectivity index (χ1) is 6.88. The van der Waals surface area contributed by atoms with Crippen LogP contribution in [0.2, 0.25) is 0 Å². The standard InChI is InChI=1S/C7H6ClNO5S/c8-6(11)7(15(12,13)14)9-3-1-2-5(9)4-10/h1-4,7H,(H,12,13,14). The van der Waals surface area contributed by atoms with Crippen molar-refractivity contribution in [2.75, 3.05) is 0 Å². The average molecular weight is 252 g/mol. The lowest BCUT2D eigenvalue weighted by atomic mass is 10.5. The molecule has 0 saturated carbocycles. The molecule has 0 aliphatic rings. The Morgan fingerprint density at radius 2 is 2.20 bits per heavy atom. The second kappa shape index (κ2) is 4.13. The summed E-state index contributed by atoms with van der Waals surface area (Å²) in [6.45, 7) is 0. The molecule has 8 heteroatoms. The summed E-state index contributed by atoms with van der Waals surface area (Å²) in [4.78, 5) is 21.3. The van der Waals surface area contributed by atoms with Crippen LogP contribution in [0.25, 0.3) is 0 Å². The average Bonchev–Trinajstić information content (AvgIpc) is 2.48. The predicted octanol–water partition coefficient (Wildman–Crippen LogP) is 0.452. The van der Waals surface area contributed by atoms with Crippen molar-refractivity contribution in [1.29, 1.82) is 0 Å². The summed E-state index contributed by atoms with van der Waals surface area (Å²) in [5.41, 5.74) is -0.0772. The SMILES string of the molecule is O=Cc1cccn1C(C(=O)Cl)S(=O)(=O)O. The molecule has 6 nitrogen and oxygen atoms in total. The molecule has 1 aromatic rings. The maximum Gasteiger partial charge on any atom is 0.295 e. The summed E-state index contributed by atoms with van der Waals surface area (Å²) < 4.78 is 31.3. The van der Waals surface area contributed by atoms with E-state index in [9.17, 15) is 18.0 Å². The molecular weight excluding hydrogens is 246 g/mol. The van der Waals surface area contributed by atoms with Crippen LogP contribution in [0, 0.1) is 0 Å². The minimum Gasteiger partial charge on any atom is -0.319 e. The van der Waals surface area contributed by atoms with Gasteiger partial charge in [0, 0.05) is 6.20 Å². The smallest absolute Gasteiger partial charge is 0.295 e. The van der Waals surface area contributed by atoms with Gasteiger partial charge in [0.25, 0.3) is 15.4 Å². The zero-order valence-electron chi connectivity index (χ0n) is 7.20. The number of hydrogen-bond donors (Lipinski definition) is 1. The van der Waals surface area contributed by atoms with Gasteiger partial charge in [-0.25, -0.2) is 0 Å². The van der Waals surface area contributed by atoms with Crippen molar-refractivity contribution in [3.8, 4) is 0 Å². The van der Waals surface area contributed by atoms with E-state index in [0.717, 1.165) is 10.8 Å². The molecule has 1 rings (SSSR count). The highest BCUT2D eigenvalue weighted by Crippen LogP contribution is 2.19. The molecule has 1 aromatic heterocycles. The van der Waals surface area contributed by atoms with Crippen molar-refractivity contribution in [3.63, 3.8) is 0 Å². The Morgan fingerprint density at radius 3 is 2.60 bits per heavy atom. The summed E-state index contributed by atoms with van der Waals surface area (Å²) in [6.07, 6.45) is 1.50. The van der Waals surface area contributed by atoms with E-state index in [-0.39, 0.29) is 5.69 Å². The van der Waals surface area contributed by atoms with E-state index in [1.807, 2.05) is 0 Å². The van der Waals surface area contributed by atoms with Crippen molar-refractivity contribution in [3.05, 3.63) is 24.0 Å². The van der Waals surface area contributed by atoms with Gasteiger partial charge in [-0.15, -0.1) is 0 Å². The second-order valence-electron chi connectivity index (χ2n) is 2.63. The molecule has 0 amide bonds. The van der Waals surface area contributed by atoms with Crippen molar-refractivity contribution in [1.82, 2.24) is 4.57 Å². The van der Waals surface area contributed by atoms with Crippen LogP contribution in [0.4, 0.5) is 0 Å². The van der Waals surface area contributed by atoms with Crippen LogP contribution >= 0.6 is 11.6 Å². The molecule has 1 atom stereocenters. The summed E-state index contributed by atoms with van der Waals surface area (Å²) in [5, 5.41) is -3.29. The number of carbonyl (C=O) groups excluding carboxylic acids is 2. The lowest BCUT2D eigenvalue weighted by molar-refractivity contribution is -0.112. The first-order valence-electron chi connectivity index (χ1n) is 3.65. The highest BCUT2D eigenvalue weighted by atomic mass is 35.5. The van der Waals surface area contributed by atoms with Gasteiger partial charge in [0.2, 0.25) is 5.37 Å². The van der Waals surface area contributed by atoms with Crippen LogP contribution < -0.4 is 0 Å². The monoisotopic (exact) mass is 251 g/mol. The first-order valence-corrected chi connectivity index (χ1v) is 5.53. The lowest BCUT2D eigenvalue weighted by Crippen LogP contribution is -2.25. The number of rotatable bonds is 4. The molecule has 0 aromatic carbocycles. The minimum absolute atomic E-state index is 0.0772. The van der Waals surface area contributed by atoms with Gasteiger partial charge in [0.1, 0.15) is 0 Å². The van der Waals surface area contributed by atoms with E-state index < -0.39 is 20.7 Å². The van der Waals surface area contributed by atoms with Crippen molar-refractivity contribution >= 4 is 33.2 Å². The van der Waals surface area contributed by atoms with E-state index >= 15 is 0 Å². The maximum atomic E-state index is 10.9. The number of aromatic nitrogens is 1. The number of nitrogens with zero attached hydrogens (tertiary/aromatic N) is 1. The van der Waals surface area contributed by atoms with Gasteiger partial charge in [-0.1, -0.05) is 0 Å². The summed E-state index contributed by atoms with van der Waals surface area (Å²) in [7, 11) is -4.70. The second-order valence-corrected chi connectivity index (χ2v) is 4.48. The fourth-order valence-corrected chi connectivity index (χ4v) is 2.25. The van der Waals surface area contributed by atoms with E-state index in [4.69, 9.17) is 16.2 Å². The highest BCUT2D eigenvalue weighted by molar-refractivity contribution is 7.86. The Hall–Kier alpha value is -1.18. The Bertz CT molecular complexity index is 491. The van der Waals surface area contributed by atoms with Gasteiger partial charge in [-0.3, -0.25) is 14.1 Å². The molecule has 0 aliphatic heterocycles. The highest BCUT2D eigenvalue weighted by Gasteiger charge is 2.32. The lowest BCUT2D eigenvalue weighted by Gasteiger charge is -2.12. The number of halogens is 1. The van der Waals surface area contributed by atoms with E-state index in [1.165, 1.54) is 12.1 Å². The van der Waals surface area contributed by atoms with E-state index in [0.29, 0.717) is 6.29 Å². The van der Waals surface area contributed by atoms with Crippen LogP contribution in [-0.2, 0) is 14.9 Å². The normalized spacial score (nSPS) is 13.5. The zero-order chi connectivity index (χ0) is 11.6. The van der Waals surface area contributed by atoms with Gasteiger partial charge >= 0.3 is 0 Å². The minimum atomic E-state index is -4.70. The molecule has 0 bridgehead atoms. The van der Waals surface area contributed by atoms with Gasteiger partial charge < -0.3 is 4.57 Å². The van der Waals surface area contributed by atoms with E-state index in [2.05, 4.69) is 0 Å². The topological polar surface area (TPSA) is 93.4 Å². The zero-order valence-corrected chi connectivity index (χ0v) is 8.77. The summed E-state index contributed by atoms with van der Waals surface area (Å²) in [6, 6.07) is 2.63. The number of carbonyl (C=O) groups is 2. The van der Waals surface area contributed by atoms with Gasteiger partial charge in [-0.05, 0) is 23.7 Å². The molecule has 1 unspecified atom stereocenters. The number of aldehydes is 1. The van der Waals surface area contributed by atoms with Crippen molar-refractivity contribution in [2.24, 2.45) is 0 Å². The fraction of sp³-hybridized carbons (Fsp3) is 0.143. The van der Waals surface area contributed by atoms with Gasteiger partial charge in [-0.2, -0.15) is 8.42 Å². The molecule has 0 fully saturated rings. The van der Waals surface area contributed by atoms with Gasteiger partial charge in [0.05, 0.1) is 5.69 Å². The van der Waals surface area contributed by atoms with Crippen LogP contribution in [0.3, 0.4) is 0 Å². The third-order valence-corrected chi connectivity index (χ3v) is 3.00. The molecule has 0 radical (unpaired) electrons. The predicted molar refractivity (Wildman–Crippen MR) is 51.3 cm³/mol. The molecule has 15 heavy (non-hydrogen) atoms. The molecule has 1 heterocycles. The Kier molecular flexibility index (Phi) is 3.28. The molecule has 0 aliphatic carbocycles. The molecule has 0 spiro atoms. The van der Waals surface area contributed by atoms with E-state index in [1.54, 1.807) is 0 Å². The Balaban J connectivity index is 3.35. The van der Waals surface area contributed by atoms with Crippen LogP contribution in [0.5, 0.6) is 0 Å². The third-order valence-electron chi connectivity index (χ3n) is 1.66. The van der Waals surface area contributed by atoms with Crippen molar-refractivity contribution < 1.29 is 22.6 Å². The Labute approximate surface area is 90.2 Å². The fourth-order valence-electron chi connectivity index (χ4n) is 1.09. The van der Waals surface area contributed by atoms with Crippen LogP contribution in [0.1, 0.15) is 15.9 Å². The van der Waals surface area contributed by atoms with Gasteiger partial charge in [0.15, 0.2) is 6.29 Å². The largest absolute Gasteiger partial charge is 0.319 e. The summed E-state index contributed by atoms with van der Waals surface area (Å²) in [5.74, 6) is 0. The van der Waals surface area contributed by atoms with Crippen molar-refractivity contribution in [2.45, 2.75) is 5.37 Å². The maximum absolute atomic E-state index is 10.9. The molecule has 82 valence electrons. The van der Waals surface area contributed by atoms with Crippen LogP contribution in [0.15, 0.2) is 18.3 Å². The first kappa shape index (κ1) is 11.9. The molecule has 0 saturated heterocycles. The Morgan fingerprint density at radius 1 is 1.60 bits per heavy atom. The third kappa shape index (κ3) is 2.44. The quantitative estimate of drug-likeness (QED) is 0.476. The summed E-state index contributed by atoms with van der Waals surface area (Å²) >= 11 is 5.03. The van der Waals surface area contributed by atoms with Crippen LogP contribution in [-0.4, -0.2) is 29.1 Å². The molecule has 1 N–H and O–H groups in total. The number of hydrogen-bond acceptors (Lipinski definition) is 4.